The maximum Gasteiger partial charge on any atom is 0.0227 e. The monoisotopic (exact) mass is 189 g/mol. The summed E-state index contributed by atoms with van der Waals surface area (Å²) in [6.45, 7) is 5.89. The molecular formula is C13H19N. The number of hydrogen-bond acceptors (Lipinski definition) is 0. The van der Waals surface area contributed by atoms with E-state index in [9.17, 15) is 0 Å². The molecule has 0 amide bonds. The minimum Gasteiger partial charge on any atom is -0.351 e. The zero-order chi connectivity index (χ0) is 9.76. The summed E-state index contributed by atoms with van der Waals surface area (Å²) in [6.07, 6.45) is 8.03. The molecule has 1 aromatic heterocycles. The number of nitrogens with zero attached hydrogens (tertiary/aromatic N) is 1. The smallest absolute Gasteiger partial charge is 0.0227 e. The molecule has 1 spiro atoms. The van der Waals surface area contributed by atoms with E-state index in [2.05, 4.69) is 30.7 Å². The third-order valence-corrected chi connectivity index (χ3v) is 4.12. The van der Waals surface area contributed by atoms with Gasteiger partial charge < -0.3 is 4.57 Å². The molecule has 3 rings (SSSR count). The molecule has 2 heterocycles. The van der Waals surface area contributed by atoms with Crippen LogP contribution in [0.2, 0.25) is 0 Å². The topological polar surface area (TPSA) is 4.93 Å². The quantitative estimate of drug-likeness (QED) is 0.638. The van der Waals surface area contributed by atoms with E-state index in [1.807, 2.05) is 0 Å². The van der Waals surface area contributed by atoms with Crippen molar-refractivity contribution in [2.75, 3.05) is 0 Å². The van der Waals surface area contributed by atoms with Crippen LogP contribution in [0, 0.1) is 5.41 Å². The Morgan fingerprint density at radius 1 is 1.29 bits per heavy atom. The fraction of sp³-hybridized carbons (Fsp3) is 0.692. The maximum atomic E-state index is 2.49. The van der Waals surface area contributed by atoms with Gasteiger partial charge in [-0.3, -0.25) is 0 Å². The van der Waals surface area contributed by atoms with Crippen molar-refractivity contribution in [2.45, 2.75) is 52.0 Å². The minimum atomic E-state index is 0.695. The summed E-state index contributed by atoms with van der Waals surface area (Å²) in [5.74, 6) is 0.695. The SMILES string of the molecule is CC(C)c1ccn2c1CC1(CC2)CC1. The van der Waals surface area contributed by atoms with Gasteiger partial charge in [-0.25, -0.2) is 0 Å². The summed E-state index contributed by atoms with van der Waals surface area (Å²) in [4.78, 5) is 0. The van der Waals surface area contributed by atoms with E-state index in [0.29, 0.717) is 5.92 Å². The molecule has 1 fully saturated rings. The summed E-state index contributed by atoms with van der Waals surface area (Å²) in [6, 6.07) is 2.33. The second-order valence-electron chi connectivity index (χ2n) is 5.49. The Labute approximate surface area is 86.1 Å². The fourth-order valence-electron chi connectivity index (χ4n) is 2.87. The first-order valence-corrected chi connectivity index (χ1v) is 5.88. The second kappa shape index (κ2) is 2.65. The van der Waals surface area contributed by atoms with E-state index >= 15 is 0 Å². The largest absolute Gasteiger partial charge is 0.351 e. The van der Waals surface area contributed by atoms with E-state index in [4.69, 9.17) is 0 Å². The molecule has 1 aliphatic carbocycles. The van der Waals surface area contributed by atoms with E-state index in [1.165, 1.54) is 32.2 Å². The van der Waals surface area contributed by atoms with Gasteiger partial charge in [-0.1, -0.05) is 13.8 Å². The Hall–Kier alpha value is -0.720. The van der Waals surface area contributed by atoms with Crippen LogP contribution in [0.15, 0.2) is 12.3 Å². The lowest BCUT2D eigenvalue weighted by Gasteiger charge is -2.25. The van der Waals surface area contributed by atoms with Gasteiger partial charge in [0.25, 0.3) is 0 Å². The molecule has 1 heteroatoms. The number of aromatic nitrogens is 1. The van der Waals surface area contributed by atoms with Crippen LogP contribution in [0.1, 0.15) is 50.3 Å². The Bertz CT molecular complexity index is 355. The molecule has 0 radical (unpaired) electrons. The molecule has 76 valence electrons. The van der Waals surface area contributed by atoms with Gasteiger partial charge in [0.05, 0.1) is 0 Å². The van der Waals surface area contributed by atoms with Crippen molar-refractivity contribution in [3.8, 4) is 0 Å². The van der Waals surface area contributed by atoms with Crippen LogP contribution < -0.4 is 0 Å². The van der Waals surface area contributed by atoms with E-state index in [1.54, 1.807) is 11.3 Å². The highest BCUT2D eigenvalue weighted by molar-refractivity contribution is 5.29. The fourth-order valence-corrected chi connectivity index (χ4v) is 2.87. The van der Waals surface area contributed by atoms with Crippen LogP contribution in [0.25, 0.3) is 0 Å². The molecule has 2 aliphatic rings. The molecule has 0 aromatic carbocycles. The lowest BCUT2D eigenvalue weighted by atomic mass is 9.89. The maximum absolute atomic E-state index is 2.49. The van der Waals surface area contributed by atoms with Gasteiger partial charge in [0, 0.05) is 18.4 Å². The van der Waals surface area contributed by atoms with Crippen LogP contribution in [-0.4, -0.2) is 4.57 Å². The second-order valence-corrected chi connectivity index (χ2v) is 5.49. The summed E-state index contributed by atoms with van der Waals surface area (Å²) < 4.78 is 2.49. The molecule has 0 atom stereocenters. The highest BCUT2D eigenvalue weighted by Crippen LogP contribution is 2.54. The van der Waals surface area contributed by atoms with Gasteiger partial charge in [-0.05, 0) is 48.6 Å². The molecule has 0 unspecified atom stereocenters. The van der Waals surface area contributed by atoms with Crippen molar-refractivity contribution in [3.63, 3.8) is 0 Å². The average Bonchev–Trinajstić information content (AvgIpc) is 2.77. The van der Waals surface area contributed by atoms with Crippen LogP contribution in [0.5, 0.6) is 0 Å². The van der Waals surface area contributed by atoms with Crippen molar-refractivity contribution in [1.29, 1.82) is 0 Å². The van der Waals surface area contributed by atoms with Crippen molar-refractivity contribution in [3.05, 3.63) is 23.5 Å². The van der Waals surface area contributed by atoms with Crippen molar-refractivity contribution < 1.29 is 0 Å². The molecule has 14 heavy (non-hydrogen) atoms. The molecule has 1 aromatic rings. The Kier molecular flexibility index (Phi) is 1.62. The summed E-state index contributed by atoms with van der Waals surface area (Å²) in [7, 11) is 0. The summed E-state index contributed by atoms with van der Waals surface area (Å²) in [5.41, 5.74) is 3.98. The molecule has 1 nitrogen and oxygen atoms in total. The first-order chi connectivity index (χ1) is 6.70. The van der Waals surface area contributed by atoms with Gasteiger partial charge in [-0.2, -0.15) is 0 Å². The van der Waals surface area contributed by atoms with Gasteiger partial charge in [-0.15, -0.1) is 0 Å². The number of rotatable bonds is 1. The van der Waals surface area contributed by atoms with Crippen molar-refractivity contribution in [1.82, 2.24) is 4.57 Å². The number of fused-ring (bicyclic) bond motifs is 1. The molecule has 0 saturated heterocycles. The zero-order valence-electron chi connectivity index (χ0n) is 9.21. The van der Waals surface area contributed by atoms with Crippen molar-refractivity contribution in [2.24, 2.45) is 5.41 Å². The Morgan fingerprint density at radius 3 is 2.71 bits per heavy atom. The lowest BCUT2D eigenvalue weighted by Crippen LogP contribution is -2.20. The molecule has 0 N–H and O–H groups in total. The first kappa shape index (κ1) is 8.58. The van der Waals surface area contributed by atoms with Crippen LogP contribution in [0.4, 0.5) is 0 Å². The van der Waals surface area contributed by atoms with Gasteiger partial charge in [0.1, 0.15) is 0 Å². The summed E-state index contributed by atoms with van der Waals surface area (Å²) in [5, 5.41) is 0. The standard InChI is InChI=1S/C13H19N/c1-10(2)11-3-7-14-8-6-13(4-5-13)9-12(11)14/h3,7,10H,4-6,8-9H2,1-2H3. The molecule has 1 saturated carbocycles. The van der Waals surface area contributed by atoms with E-state index in [-0.39, 0.29) is 0 Å². The third kappa shape index (κ3) is 1.14. The molecule has 0 bridgehead atoms. The average molecular weight is 189 g/mol. The Balaban J connectivity index is 1.99. The number of hydrogen-bond donors (Lipinski definition) is 0. The van der Waals surface area contributed by atoms with Gasteiger partial charge in [0.2, 0.25) is 0 Å². The third-order valence-electron chi connectivity index (χ3n) is 4.12. The van der Waals surface area contributed by atoms with Crippen LogP contribution >= 0.6 is 0 Å². The van der Waals surface area contributed by atoms with Gasteiger partial charge in [0.15, 0.2) is 0 Å². The van der Waals surface area contributed by atoms with Gasteiger partial charge >= 0.3 is 0 Å². The number of aryl methyl sites for hydroxylation is 1. The molecule has 1 aliphatic heterocycles. The normalized spacial score (nSPS) is 22.8. The Morgan fingerprint density at radius 2 is 2.07 bits per heavy atom. The van der Waals surface area contributed by atoms with Crippen molar-refractivity contribution >= 4 is 0 Å². The predicted molar refractivity (Wildman–Crippen MR) is 58.5 cm³/mol. The summed E-state index contributed by atoms with van der Waals surface area (Å²) >= 11 is 0. The van der Waals surface area contributed by atoms with Crippen LogP contribution in [-0.2, 0) is 13.0 Å². The van der Waals surface area contributed by atoms with E-state index in [0.717, 1.165) is 5.41 Å². The lowest BCUT2D eigenvalue weighted by molar-refractivity contribution is 0.366. The first-order valence-electron chi connectivity index (χ1n) is 5.88. The minimum absolute atomic E-state index is 0.695. The van der Waals surface area contributed by atoms with E-state index < -0.39 is 0 Å². The van der Waals surface area contributed by atoms with Crippen LogP contribution in [0.3, 0.4) is 0 Å². The molecular weight excluding hydrogens is 170 g/mol. The highest BCUT2D eigenvalue weighted by Gasteiger charge is 2.45. The zero-order valence-corrected chi connectivity index (χ0v) is 9.21. The predicted octanol–water partition coefficient (Wildman–Crippen LogP) is 3.34. The highest BCUT2D eigenvalue weighted by atomic mass is 15.0.